The van der Waals surface area contributed by atoms with Crippen LogP contribution in [0.15, 0.2) is 6.07 Å². The van der Waals surface area contributed by atoms with Gasteiger partial charge in [0.25, 0.3) is 0 Å². The van der Waals surface area contributed by atoms with E-state index in [0.29, 0.717) is 5.92 Å². The van der Waals surface area contributed by atoms with Gasteiger partial charge in [0.2, 0.25) is 0 Å². The first-order valence-corrected chi connectivity index (χ1v) is 5.16. The van der Waals surface area contributed by atoms with Crippen LogP contribution in [0.25, 0.3) is 0 Å². The van der Waals surface area contributed by atoms with Crippen molar-refractivity contribution >= 4 is 11.3 Å². The van der Waals surface area contributed by atoms with E-state index in [-0.39, 0.29) is 6.04 Å². The van der Waals surface area contributed by atoms with Crippen LogP contribution in [0.4, 0.5) is 0 Å². The zero-order valence-electron chi connectivity index (χ0n) is 8.22. The highest BCUT2D eigenvalue weighted by molar-refractivity contribution is 7.12. The van der Waals surface area contributed by atoms with Crippen LogP contribution in [0.2, 0.25) is 0 Å². The topological polar surface area (TPSA) is 26.0 Å². The summed E-state index contributed by atoms with van der Waals surface area (Å²) in [6.45, 7) is 8.61. The first-order chi connectivity index (χ1) is 5.52. The van der Waals surface area contributed by atoms with E-state index in [9.17, 15) is 0 Å². The van der Waals surface area contributed by atoms with Crippen molar-refractivity contribution in [3.05, 3.63) is 21.4 Å². The number of hydrogen-bond acceptors (Lipinski definition) is 2. The Morgan fingerprint density at radius 2 is 1.92 bits per heavy atom. The molecule has 0 radical (unpaired) electrons. The molecule has 0 bridgehead atoms. The predicted octanol–water partition coefficient (Wildman–Crippen LogP) is 3.02. The van der Waals surface area contributed by atoms with Crippen LogP contribution in [0.5, 0.6) is 0 Å². The molecule has 1 aromatic heterocycles. The van der Waals surface area contributed by atoms with Gasteiger partial charge in [-0.1, -0.05) is 13.8 Å². The second-order valence-electron chi connectivity index (χ2n) is 3.64. The second-order valence-corrected chi connectivity index (χ2v) is 5.10. The average Bonchev–Trinajstić information content (AvgIpc) is 2.28. The predicted molar refractivity (Wildman–Crippen MR) is 55.6 cm³/mol. The van der Waals surface area contributed by atoms with E-state index in [0.717, 1.165) is 0 Å². The summed E-state index contributed by atoms with van der Waals surface area (Å²) < 4.78 is 0. The molecule has 0 saturated carbocycles. The number of aryl methyl sites for hydroxylation is 2. The fraction of sp³-hybridized carbons (Fsp3) is 0.600. The molecule has 0 amide bonds. The molecule has 1 aromatic rings. The zero-order chi connectivity index (χ0) is 9.30. The maximum Gasteiger partial charge on any atom is 0.0329 e. The summed E-state index contributed by atoms with van der Waals surface area (Å²) in [5.41, 5.74) is 7.39. The van der Waals surface area contributed by atoms with Gasteiger partial charge in [-0.3, -0.25) is 0 Å². The molecule has 0 spiro atoms. The lowest BCUT2D eigenvalue weighted by atomic mass is 9.98. The van der Waals surface area contributed by atoms with Gasteiger partial charge < -0.3 is 5.73 Å². The quantitative estimate of drug-likeness (QED) is 0.749. The standard InChI is InChI=1S/C10H17NS/c1-6(2)10(11)9-5-7(3)12-8(9)4/h5-6,10H,11H2,1-4H3/t10-/m1/s1. The molecule has 0 aromatic carbocycles. The van der Waals surface area contributed by atoms with Gasteiger partial charge in [-0.25, -0.2) is 0 Å². The van der Waals surface area contributed by atoms with Crippen LogP contribution in [0.1, 0.15) is 35.2 Å². The molecule has 2 heteroatoms. The smallest absolute Gasteiger partial charge is 0.0329 e. The van der Waals surface area contributed by atoms with E-state index >= 15 is 0 Å². The highest BCUT2D eigenvalue weighted by atomic mass is 32.1. The fourth-order valence-corrected chi connectivity index (χ4v) is 2.32. The van der Waals surface area contributed by atoms with Crippen LogP contribution < -0.4 is 5.73 Å². The molecule has 1 rings (SSSR count). The van der Waals surface area contributed by atoms with Crippen LogP contribution in [0, 0.1) is 19.8 Å². The first-order valence-electron chi connectivity index (χ1n) is 4.35. The number of rotatable bonds is 2. The van der Waals surface area contributed by atoms with Crippen molar-refractivity contribution in [2.45, 2.75) is 33.7 Å². The summed E-state index contributed by atoms with van der Waals surface area (Å²) in [7, 11) is 0. The van der Waals surface area contributed by atoms with E-state index in [2.05, 4.69) is 33.8 Å². The summed E-state index contributed by atoms with van der Waals surface area (Å²) in [4.78, 5) is 2.73. The van der Waals surface area contributed by atoms with Crippen molar-refractivity contribution < 1.29 is 0 Å². The monoisotopic (exact) mass is 183 g/mol. The second kappa shape index (κ2) is 3.58. The molecule has 12 heavy (non-hydrogen) atoms. The Bertz CT molecular complexity index is 263. The van der Waals surface area contributed by atoms with Crippen LogP contribution >= 0.6 is 11.3 Å². The summed E-state index contributed by atoms with van der Waals surface area (Å²) >= 11 is 1.83. The lowest BCUT2D eigenvalue weighted by Gasteiger charge is -2.14. The average molecular weight is 183 g/mol. The molecular weight excluding hydrogens is 166 g/mol. The Hall–Kier alpha value is -0.340. The molecule has 1 nitrogen and oxygen atoms in total. The molecule has 0 aliphatic heterocycles. The number of thiophene rings is 1. The molecule has 68 valence electrons. The van der Waals surface area contributed by atoms with Gasteiger partial charge >= 0.3 is 0 Å². The van der Waals surface area contributed by atoms with Gasteiger partial charge in [-0.2, -0.15) is 0 Å². The minimum Gasteiger partial charge on any atom is -0.324 e. The number of hydrogen-bond donors (Lipinski definition) is 1. The highest BCUT2D eigenvalue weighted by Gasteiger charge is 2.14. The normalized spacial score (nSPS) is 13.8. The van der Waals surface area contributed by atoms with Crippen molar-refractivity contribution in [1.82, 2.24) is 0 Å². The SMILES string of the molecule is Cc1cc([C@H](N)C(C)C)c(C)s1. The molecule has 0 saturated heterocycles. The highest BCUT2D eigenvalue weighted by Crippen LogP contribution is 2.28. The van der Waals surface area contributed by atoms with E-state index in [4.69, 9.17) is 5.73 Å². The fourth-order valence-electron chi connectivity index (χ4n) is 1.34. The molecule has 1 heterocycles. The van der Waals surface area contributed by atoms with Crippen molar-refractivity contribution in [3.63, 3.8) is 0 Å². The minimum atomic E-state index is 0.204. The van der Waals surface area contributed by atoms with Crippen molar-refractivity contribution in [2.75, 3.05) is 0 Å². The van der Waals surface area contributed by atoms with Crippen molar-refractivity contribution in [1.29, 1.82) is 0 Å². The lowest BCUT2D eigenvalue weighted by molar-refractivity contribution is 0.513. The van der Waals surface area contributed by atoms with Crippen LogP contribution in [-0.2, 0) is 0 Å². The Kier molecular flexibility index (Phi) is 2.91. The Balaban J connectivity index is 2.94. The molecule has 0 aliphatic rings. The third kappa shape index (κ3) is 1.87. The van der Waals surface area contributed by atoms with E-state index in [1.54, 1.807) is 0 Å². The molecule has 2 N–H and O–H groups in total. The maximum absolute atomic E-state index is 6.06. The Labute approximate surface area is 78.6 Å². The van der Waals surface area contributed by atoms with E-state index < -0.39 is 0 Å². The minimum absolute atomic E-state index is 0.204. The molecule has 0 fully saturated rings. The summed E-state index contributed by atoms with van der Waals surface area (Å²) in [5.74, 6) is 0.526. The Morgan fingerprint density at radius 3 is 2.25 bits per heavy atom. The third-order valence-corrected chi connectivity index (χ3v) is 3.14. The van der Waals surface area contributed by atoms with Crippen LogP contribution in [-0.4, -0.2) is 0 Å². The molecule has 1 atom stereocenters. The summed E-state index contributed by atoms with van der Waals surface area (Å²) in [6, 6.07) is 2.42. The lowest BCUT2D eigenvalue weighted by Crippen LogP contribution is -2.16. The number of nitrogens with two attached hydrogens (primary N) is 1. The first kappa shape index (κ1) is 9.75. The van der Waals surface area contributed by atoms with E-state index in [1.165, 1.54) is 15.3 Å². The van der Waals surface area contributed by atoms with Gasteiger partial charge in [0.1, 0.15) is 0 Å². The maximum atomic E-state index is 6.06. The molecule has 0 aliphatic carbocycles. The van der Waals surface area contributed by atoms with Crippen molar-refractivity contribution in [3.8, 4) is 0 Å². The summed E-state index contributed by atoms with van der Waals surface area (Å²) in [6.07, 6.45) is 0. The summed E-state index contributed by atoms with van der Waals surface area (Å²) in [5, 5.41) is 0. The zero-order valence-corrected chi connectivity index (χ0v) is 9.03. The van der Waals surface area contributed by atoms with Gasteiger partial charge in [0, 0.05) is 15.8 Å². The van der Waals surface area contributed by atoms with E-state index in [1.807, 2.05) is 11.3 Å². The molecular formula is C10H17NS. The van der Waals surface area contributed by atoms with Gasteiger partial charge in [-0.15, -0.1) is 11.3 Å². The van der Waals surface area contributed by atoms with Crippen molar-refractivity contribution in [2.24, 2.45) is 11.7 Å². The Morgan fingerprint density at radius 1 is 1.33 bits per heavy atom. The van der Waals surface area contributed by atoms with Gasteiger partial charge in [0.05, 0.1) is 0 Å². The largest absolute Gasteiger partial charge is 0.324 e. The third-order valence-electron chi connectivity index (χ3n) is 2.16. The molecule has 0 unspecified atom stereocenters. The van der Waals surface area contributed by atoms with Gasteiger partial charge in [-0.05, 0) is 31.4 Å². The van der Waals surface area contributed by atoms with Crippen LogP contribution in [0.3, 0.4) is 0 Å². The van der Waals surface area contributed by atoms with Gasteiger partial charge in [0.15, 0.2) is 0 Å².